The van der Waals surface area contributed by atoms with Crippen LogP contribution in [0.1, 0.15) is 32.4 Å². The molecule has 102 valence electrons. The number of rotatable bonds is 5. The highest BCUT2D eigenvalue weighted by Crippen LogP contribution is 2.19. The first-order valence-corrected chi connectivity index (χ1v) is 7.00. The van der Waals surface area contributed by atoms with Gasteiger partial charge in [-0.2, -0.15) is 0 Å². The lowest BCUT2D eigenvalue weighted by Gasteiger charge is -2.23. The summed E-state index contributed by atoms with van der Waals surface area (Å²) in [5.74, 6) is 2.27. The van der Waals surface area contributed by atoms with Gasteiger partial charge in [-0.15, -0.1) is 0 Å². The lowest BCUT2D eigenvalue weighted by atomic mass is 10.0. The Morgan fingerprint density at radius 3 is 3.06 bits per heavy atom. The Kier molecular flexibility index (Phi) is 4.64. The number of ether oxygens (including phenoxy) is 1. The van der Waals surface area contributed by atoms with Gasteiger partial charge in [-0.05, 0) is 25.7 Å². The van der Waals surface area contributed by atoms with Crippen LogP contribution >= 0.6 is 0 Å². The van der Waals surface area contributed by atoms with Crippen molar-refractivity contribution in [1.82, 2.24) is 9.55 Å². The number of hydrogen-bond donors (Lipinski definition) is 1. The van der Waals surface area contributed by atoms with E-state index in [2.05, 4.69) is 41.8 Å². The predicted octanol–water partition coefficient (Wildman–Crippen LogP) is 2.69. The molecule has 1 fully saturated rings. The second kappa shape index (κ2) is 6.23. The number of nitrogens with one attached hydrogen (secondary N) is 1. The molecular weight excluding hydrogens is 226 g/mol. The number of nitrogens with zero attached hydrogens (tertiary/aromatic N) is 2. The fourth-order valence-electron chi connectivity index (χ4n) is 2.35. The van der Waals surface area contributed by atoms with Crippen LogP contribution in [0, 0.1) is 18.8 Å². The standard InChI is InChI=1S/C14H25N3O/c1-11(2)7-15-14-16-12(3)8-17(14)9-13-5-4-6-18-10-13/h8,11,13H,4-7,9-10H2,1-3H3,(H,15,16). The summed E-state index contributed by atoms with van der Waals surface area (Å²) < 4.78 is 7.79. The lowest BCUT2D eigenvalue weighted by Crippen LogP contribution is -2.23. The van der Waals surface area contributed by atoms with Crippen LogP contribution in [0.5, 0.6) is 0 Å². The van der Waals surface area contributed by atoms with Gasteiger partial charge in [0.25, 0.3) is 0 Å². The van der Waals surface area contributed by atoms with Gasteiger partial charge in [-0.1, -0.05) is 13.8 Å². The van der Waals surface area contributed by atoms with E-state index in [9.17, 15) is 0 Å². The average Bonchev–Trinajstić information content (AvgIpc) is 2.68. The summed E-state index contributed by atoms with van der Waals surface area (Å²) >= 11 is 0. The number of aromatic nitrogens is 2. The maximum Gasteiger partial charge on any atom is 0.203 e. The third kappa shape index (κ3) is 3.73. The molecule has 0 aromatic carbocycles. The minimum Gasteiger partial charge on any atom is -0.381 e. The number of imidazole rings is 1. The van der Waals surface area contributed by atoms with Crippen LogP contribution in [0.15, 0.2) is 6.20 Å². The Labute approximate surface area is 110 Å². The Bertz CT molecular complexity index is 367. The van der Waals surface area contributed by atoms with E-state index >= 15 is 0 Å². The number of anilines is 1. The normalized spacial score (nSPS) is 20.3. The van der Waals surface area contributed by atoms with Crippen LogP contribution in [0.2, 0.25) is 0 Å². The maximum absolute atomic E-state index is 5.55. The van der Waals surface area contributed by atoms with Gasteiger partial charge in [0.05, 0.1) is 12.3 Å². The molecule has 1 unspecified atom stereocenters. The molecule has 1 N–H and O–H groups in total. The van der Waals surface area contributed by atoms with E-state index in [4.69, 9.17) is 4.74 Å². The van der Waals surface area contributed by atoms with E-state index in [1.807, 2.05) is 0 Å². The van der Waals surface area contributed by atoms with Crippen molar-refractivity contribution >= 4 is 5.95 Å². The first kappa shape index (κ1) is 13.4. The molecule has 1 saturated heterocycles. The topological polar surface area (TPSA) is 39.1 Å². The van der Waals surface area contributed by atoms with Gasteiger partial charge < -0.3 is 14.6 Å². The van der Waals surface area contributed by atoms with Crippen molar-refractivity contribution < 1.29 is 4.74 Å². The van der Waals surface area contributed by atoms with E-state index in [0.717, 1.165) is 37.9 Å². The molecule has 0 amide bonds. The predicted molar refractivity (Wildman–Crippen MR) is 73.8 cm³/mol. The minimum absolute atomic E-state index is 0.631. The quantitative estimate of drug-likeness (QED) is 0.874. The first-order valence-electron chi connectivity index (χ1n) is 7.00. The largest absolute Gasteiger partial charge is 0.381 e. The van der Waals surface area contributed by atoms with Crippen molar-refractivity contribution in [3.63, 3.8) is 0 Å². The van der Waals surface area contributed by atoms with Crippen LogP contribution in [-0.2, 0) is 11.3 Å². The Morgan fingerprint density at radius 1 is 1.56 bits per heavy atom. The van der Waals surface area contributed by atoms with Crippen LogP contribution < -0.4 is 5.32 Å². The zero-order chi connectivity index (χ0) is 13.0. The summed E-state index contributed by atoms with van der Waals surface area (Å²) in [5.41, 5.74) is 1.08. The van der Waals surface area contributed by atoms with Gasteiger partial charge in [0.2, 0.25) is 5.95 Å². The highest BCUT2D eigenvalue weighted by atomic mass is 16.5. The van der Waals surface area contributed by atoms with E-state index < -0.39 is 0 Å². The third-order valence-corrected chi connectivity index (χ3v) is 3.27. The zero-order valence-corrected chi connectivity index (χ0v) is 11.8. The summed E-state index contributed by atoms with van der Waals surface area (Å²) in [6.07, 6.45) is 4.59. The summed E-state index contributed by atoms with van der Waals surface area (Å²) in [7, 11) is 0. The maximum atomic E-state index is 5.55. The fraction of sp³-hybridized carbons (Fsp3) is 0.786. The Hall–Kier alpha value is -1.03. The molecule has 0 saturated carbocycles. The lowest BCUT2D eigenvalue weighted by molar-refractivity contribution is 0.0485. The van der Waals surface area contributed by atoms with Crippen LogP contribution in [0.25, 0.3) is 0 Å². The van der Waals surface area contributed by atoms with Crippen LogP contribution in [0.3, 0.4) is 0 Å². The number of hydrogen-bond acceptors (Lipinski definition) is 3. The monoisotopic (exact) mass is 251 g/mol. The fourth-order valence-corrected chi connectivity index (χ4v) is 2.35. The van der Waals surface area contributed by atoms with Crippen molar-refractivity contribution in [3.05, 3.63) is 11.9 Å². The van der Waals surface area contributed by atoms with Crippen LogP contribution in [-0.4, -0.2) is 29.3 Å². The van der Waals surface area contributed by atoms with E-state index in [1.165, 1.54) is 12.8 Å². The molecule has 4 nitrogen and oxygen atoms in total. The Balaban J connectivity index is 1.97. The van der Waals surface area contributed by atoms with Crippen molar-refractivity contribution in [2.75, 3.05) is 25.1 Å². The Morgan fingerprint density at radius 2 is 2.39 bits per heavy atom. The molecule has 18 heavy (non-hydrogen) atoms. The molecule has 1 aliphatic rings. The molecule has 4 heteroatoms. The highest BCUT2D eigenvalue weighted by Gasteiger charge is 2.16. The molecule has 2 heterocycles. The highest BCUT2D eigenvalue weighted by molar-refractivity contribution is 5.28. The molecular formula is C14H25N3O. The van der Waals surface area contributed by atoms with E-state index in [1.54, 1.807) is 0 Å². The molecule has 0 radical (unpaired) electrons. The average molecular weight is 251 g/mol. The summed E-state index contributed by atoms with van der Waals surface area (Å²) in [6, 6.07) is 0. The smallest absolute Gasteiger partial charge is 0.203 e. The minimum atomic E-state index is 0.631. The van der Waals surface area contributed by atoms with Crippen molar-refractivity contribution in [3.8, 4) is 0 Å². The molecule has 0 bridgehead atoms. The number of aryl methyl sites for hydroxylation is 1. The van der Waals surface area contributed by atoms with Crippen LogP contribution in [0.4, 0.5) is 5.95 Å². The second-order valence-electron chi connectivity index (χ2n) is 5.72. The van der Waals surface area contributed by atoms with Gasteiger partial charge >= 0.3 is 0 Å². The molecule has 1 aliphatic heterocycles. The SMILES string of the molecule is Cc1cn(CC2CCCOC2)c(NCC(C)C)n1. The molecule has 0 spiro atoms. The van der Waals surface area contributed by atoms with Gasteiger partial charge in [0.15, 0.2) is 0 Å². The third-order valence-electron chi connectivity index (χ3n) is 3.27. The molecule has 2 rings (SSSR count). The van der Waals surface area contributed by atoms with Crippen molar-refractivity contribution in [2.45, 2.75) is 40.2 Å². The van der Waals surface area contributed by atoms with Gasteiger partial charge in [-0.3, -0.25) is 0 Å². The molecule has 1 atom stereocenters. The summed E-state index contributed by atoms with van der Waals surface area (Å²) in [4.78, 5) is 4.56. The van der Waals surface area contributed by atoms with E-state index in [0.29, 0.717) is 11.8 Å². The second-order valence-corrected chi connectivity index (χ2v) is 5.72. The zero-order valence-electron chi connectivity index (χ0n) is 11.8. The summed E-state index contributed by atoms with van der Waals surface area (Å²) in [6.45, 7) is 10.3. The van der Waals surface area contributed by atoms with E-state index in [-0.39, 0.29) is 0 Å². The molecule has 1 aromatic rings. The first-order chi connectivity index (χ1) is 8.65. The molecule has 1 aromatic heterocycles. The van der Waals surface area contributed by atoms with Gasteiger partial charge in [0, 0.05) is 31.8 Å². The van der Waals surface area contributed by atoms with Gasteiger partial charge in [-0.25, -0.2) is 4.98 Å². The van der Waals surface area contributed by atoms with Gasteiger partial charge in [0.1, 0.15) is 0 Å². The van der Waals surface area contributed by atoms with Crippen molar-refractivity contribution in [1.29, 1.82) is 0 Å². The molecule has 0 aliphatic carbocycles. The summed E-state index contributed by atoms with van der Waals surface area (Å²) in [5, 5.41) is 3.43. The van der Waals surface area contributed by atoms with Crippen molar-refractivity contribution in [2.24, 2.45) is 11.8 Å².